The fraction of sp³-hybridized carbons (Fsp3) is 0.400. The first-order valence-electron chi connectivity index (χ1n) is 6.71. The lowest BCUT2D eigenvalue weighted by molar-refractivity contribution is 0.109. The van der Waals surface area contributed by atoms with Crippen molar-refractivity contribution in [2.24, 2.45) is 0 Å². The Balaban J connectivity index is 1.81. The van der Waals surface area contributed by atoms with Gasteiger partial charge in [0.1, 0.15) is 0 Å². The molecule has 20 heavy (non-hydrogen) atoms. The van der Waals surface area contributed by atoms with Crippen LogP contribution in [0.2, 0.25) is 0 Å². The average Bonchev–Trinajstić information content (AvgIpc) is 3.11. The van der Waals surface area contributed by atoms with E-state index < -0.39 is 0 Å². The highest BCUT2D eigenvalue weighted by Gasteiger charge is 2.19. The zero-order valence-electron chi connectivity index (χ0n) is 11.3. The highest BCUT2D eigenvalue weighted by molar-refractivity contribution is 5.60. The molecule has 0 bridgehead atoms. The lowest BCUT2D eigenvalue weighted by Crippen LogP contribution is -2.09. The number of hydrogen-bond donors (Lipinski definition) is 0. The number of nitriles is 1. The second-order valence-corrected chi connectivity index (χ2v) is 5.00. The molecule has 0 radical (unpaired) electrons. The molecule has 1 saturated heterocycles. The van der Waals surface area contributed by atoms with Crippen LogP contribution in [0.15, 0.2) is 22.7 Å². The van der Waals surface area contributed by atoms with Gasteiger partial charge in [-0.1, -0.05) is 5.16 Å². The van der Waals surface area contributed by atoms with E-state index in [1.807, 2.05) is 19.1 Å². The molecule has 2 heterocycles. The molecule has 1 unspecified atom stereocenters. The van der Waals surface area contributed by atoms with Crippen molar-refractivity contribution in [3.8, 4) is 17.5 Å². The number of benzene rings is 1. The van der Waals surface area contributed by atoms with Crippen LogP contribution in [0.3, 0.4) is 0 Å². The molecule has 1 atom stereocenters. The highest BCUT2D eigenvalue weighted by Crippen LogP contribution is 2.23. The van der Waals surface area contributed by atoms with Crippen LogP contribution in [-0.4, -0.2) is 22.9 Å². The molecule has 2 aromatic rings. The summed E-state index contributed by atoms with van der Waals surface area (Å²) in [5.74, 6) is 1.18. The van der Waals surface area contributed by atoms with Crippen LogP contribution in [0.25, 0.3) is 11.5 Å². The molecule has 0 amide bonds. The molecule has 3 rings (SSSR count). The molecule has 5 heteroatoms. The molecule has 1 aromatic heterocycles. The largest absolute Gasteiger partial charge is 0.378 e. The Morgan fingerprint density at radius 2 is 2.35 bits per heavy atom. The second kappa shape index (κ2) is 5.43. The quantitative estimate of drug-likeness (QED) is 0.856. The summed E-state index contributed by atoms with van der Waals surface area (Å²) in [5, 5.41) is 12.9. The first kappa shape index (κ1) is 12.8. The van der Waals surface area contributed by atoms with Gasteiger partial charge in [-0.25, -0.2) is 0 Å². The number of rotatable bonds is 3. The van der Waals surface area contributed by atoms with Crippen LogP contribution in [0.4, 0.5) is 0 Å². The summed E-state index contributed by atoms with van der Waals surface area (Å²) >= 11 is 0. The van der Waals surface area contributed by atoms with E-state index in [4.69, 9.17) is 14.5 Å². The van der Waals surface area contributed by atoms with Crippen molar-refractivity contribution < 1.29 is 9.26 Å². The fourth-order valence-corrected chi connectivity index (χ4v) is 2.43. The predicted octanol–water partition coefficient (Wildman–Crippen LogP) is 2.64. The number of nitrogens with zero attached hydrogens (tertiary/aromatic N) is 3. The van der Waals surface area contributed by atoms with Crippen molar-refractivity contribution in [3.63, 3.8) is 0 Å². The Labute approximate surface area is 117 Å². The summed E-state index contributed by atoms with van der Waals surface area (Å²) in [6.07, 6.45) is 3.06. The Morgan fingerprint density at radius 1 is 1.45 bits per heavy atom. The van der Waals surface area contributed by atoms with Crippen molar-refractivity contribution in [3.05, 3.63) is 35.2 Å². The summed E-state index contributed by atoms with van der Waals surface area (Å²) in [6, 6.07) is 7.54. The minimum Gasteiger partial charge on any atom is -0.378 e. The normalized spacial score (nSPS) is 18.1. The summed E-state index contributed by atoms with van der Waals surface area (Å²) < 4.78 is 10.9. The Morgan fingerprint density at radius 3 is 3.05 bits per heavy atom. The average molecular weight is 269 g/mol. The van der Waals surface area contributed by atoms with Crippen molar-refractivity contribution in [2.45, 2.75) is 32.3 Å². The number of aromatic nitrogens is 2. The smallest absolute Gasteiger partial charge is 0.258 e. The standard InChI is InChI=1S/C15H15N3O2/c1-10-7-11(9-16)4-5-13(10)15-17-14(18-20-15)8-12-3-2-6-19-12/h4-5,7,12H,2-3,6,8H2,1H3. The molecule has 0 saturated carbocycles. The van der Waals surface area contributed by atoms with Gasteiger partial charge in [-0.2, -0.15) is 10.2 Å². The van der Waals surface area contributed by atoms with Gasteiger partial charge < -0.3 is 9.26 Å². The van der Waals surface area contributed by atoms with Crippen LogP contribution < -0.4 is 0 Å². The van der Waals surface area contributed by atoms with E-state index in [9.17, 15) is 0 Å². The molecule has 1 fully saturated rings. The van der Waals surface area contributed by atoms with Gasteiger partial charge in [-0.3, -0.25) is 0 Å². The van der Waals surface area contributed by atoms with E-state index in [1.165, 1.54) is 0 Å². The van der Waals surface area contributed by atoms with E-state index in [1.54, 1.807) is 6.07 Å². The van der Waals surface area contributed by atoms with Crippen LogP contribution in [0, 0.1) is 18.3 Å². The topological polar surface area (TPSA) is 71.9 Å². The minimum atomic E-state index is 0.211. The van der Waals surface area contributed by atoms with Crippen molar-refractivity contribution in [1.29, 1.82) is 5.26 Å². The van der Waals surface area contributed by atoms with E-state index in [-0.39, 0.29) is 6.10 Å². The van der Waals surface area contributed by atoms with Crippen LogP contribution in [-0.2, 0) is 11.2 Å². The van der Waals surface area contributed by atoms with E-state index in [0.717, 1.165) is 30.6 Å². The third kappa shape index (κ3) is 2.56. The molecule has 1 aliphatic heterocycles. The molecule has 0 spiro atoms. The molecule has 1 aliphatic rings. The van der Waals surface area contributed by atoms with Crippen molar-refractivity contribution >= 4 is 0 Å². The minimum absolute atomic E-state index is 0.211. The first-order valence-corrected chi connectivity index (χ1v) is 6.71. The van der Waals surface area contributed by atoms with Crippen LogP contribution in [0.1, 0.15) is 29.8 Å². The van der Waals surface area contributed by atoms with Gasteiger partial charge in [-0.05, 0) is 43.5 Å². The zero-order valence-corrected chi connectivity index (χ0v) is 11.3. The lowest BCUT2D eigenvalue weighted by atomic mass is 10.1. The van der Waals surface area contributed by atoms with Gasteiger partial charge in [0.05, 0.1) is 17.7 Å². The molecule has 102 valence electrons. The number of hydrogen-bond acceptors (Lipinski definition) is 5. The summed E-state index contributed by atoms with van der Waals surface area (Å²) in [6.45, 7) is 2.75. The third-order valence-corrected chi connectivity index (χ3v) is 3.49. The maximum atomic E-state index is 8.87. The number of ether oxygens (including phenoxy) is 1. The van der Waals surface area contributed by atoms with Gasteiger partial charge in [0.15, 0.2) is 5.82 Å². The molecule has 5 nitrogen and oxygen atoms in total. The third-order valence-electron chi connectivity index (χ3n) is 3.49. The lowest BCUT2D eigenvalue weighted by Gasteiger charge is -2.04. The Hall–Kier alpha value is -2.19. The van der Waals surface area contributed by atoms with Gasteiger partial charge in [0, 0.05) is 18.6 Å². The molecular weight excluding hydrogens is 254 g/mol. The maximum absolute atomic E-state index is 8.87. The van der Waals surface area contributed by atoms with E-state index in [2.05, 4.69) is 16.2 Å². The van der Waals surface area contributed by atoms with Crippen LogP contribution in [0.5, 0.6) is 0 Å². The van der Waals surface area contributed by atoms with Gasteiger partial charge in [0.25, 0.3) is 5.89 Å². The van der Waals surface area contributed by atoms with Crippen molar-refractivity contribution in [2.75, 3.05) is 6.61 Å². The maximum Gasteiger partial charge on any atom is 0.258 e. The van der Waals surface area contributed by atoms with Crippen molar-refractivity contribution in [1.82, 2.24) is 10.1 Å². The van der Waals surface area contributed by atoms with Crippen LogP contribution >= 0.6 is 0 Å². The van der Waals surface area contributed by atoms with Gasteiger partial charge in [-0.15, -0.1) is 0 Å². The van der Waals surface area contributed by atoms with E-state index >= 15 is 0 Å². The Kier molecular flexibility index (Phi) is 3.48. The molecule has 0 aliphatic carbocycles. The van der Waals surface area contributed by atoms with E-state index in [0.29, 0.717) is 23.7 Å². The SMILES string of the molecule is Cc1cc(C#N)ccc1-c1nc(CC2CCCO2)no1. The highest BCUT2D eigenvalue weighted by atomic mass is 16.5. The summed E-state index contributed by atoms with van der Waals surface area (Å²) in [7, 11) is 0. The summed E-state index contributed by atoms with van der Waals surface area (Å²) in [5.41, 5.74) is 2.46. The number of aryl methyl sites for hydroxylation is 1. The Bertz CT molecular complexity index is 651. The van der Waals surface area contributed by atoms with Gasteiger partial charge in [0.2, 0.25) is 0 Å². The predicted molar refractivity (Wildman–Crippen MR) is 71.9 cm³/mol. The fourth-order valence-electron chi connectivity index (χ4n) is 2.43. The summed E-state index contributed by atoms with van der Waals surface area (Å²) in [4.78, 5) is 4.42. The van der Waals surface area contributed by atoms with Gasteiger partial charge >= 0.3 is 0 Å². The molecule has 0 N–H and O–H groups in total. The molecule has 1 aromatic carbocycles. The molecular formula is C15H15N3O2. The first-order chi connectivity index (χ1) is 9.76. The monoisotopic (exact) mass is 269 g/mol. The zero-order chi connectivity index (χ0) is 13.9. The second-order valence-electron chi connectivity index (χ2n) is 5.00.